The van der Waals surface area contributed by atoms with Crippen LogP contribution >= 0.6 is 0 Å². The van der Waals surface area contributed by atoms with Crippen molar-refractivity contribution in [1.82, 2.24) is 0 Å². The van der Waals surface area contributed by atoms with Crippen molar-refractivity contribution in [3.05, 3.63) is 94.6 Å². The van der Waals surface area contributed by atoms with Crippen LogP contribution < -0.4 is 19.9 Å². The Kier molecular flexibility index (Phi) is 7.34. The monoisotopic (exact) mass is 537 g/mol. The quantitative estimate of drug-likeness (QED) is 0.208. The molecule has 0 amide bonds. The lowest BCUT2D eigenvalue weighted by atomic mass is 9.91. The molecule has 1 aliphatic carbocycles. The second-order valence-electron chi connectivity index (χ2n) is 9.54. The van der Waals surface area contributed by atoms with Gasteiger partial charge in [-0.2, -0.15) is 13.2 Å². The van der Waals surface area contributed by atoms with E-state index in [1.54, 1.807) is 30.3 Å². The molecular weight excluding hydrogens is 511 g/mol. The van der Waals surface area contributed by atoms with Crippen LogP contribution in [0, 0.1) is 5.92 Å². The Morgan fingerprint density at radius 3 is 2.51 bits per heavy atom. The molecule has 2 aliphatic rings. The SMILES string of the molecule is NC(c1ccc(C(F)(F)F)cc1O)C1CC/C(=C\c2ccc(OC(=O)/C=C/c3ccc4c(c3)OCO4)cc2)C1. The number of ether oxygens (including phenoxy) is 3. The van der Waals surface area contributed by atoms with E-state index in [1.165, 1.54) is 12.1 Å². The van der Waals surface area contributed by atoms with Crippen LogP contribution in [0.5, 0.6) is 23.0 Å². The molecule has 1 fully saturated rings. The number of nitrogens with two attached hydrogens (primary N) is 1. The smallest absolute Gasteiger partial charge is 0.416 e. The molecule has 2 atom stereocenters. The predicted molar refractivity (Wildman–Crippen MR) is 139 cm³/mol. The molecule has 3 aromatic rings. The first-order valence-electron chi connectivity index (χ1n) is 12.4. The Bertz CT molecular complexity index is 1430. The van der Waals surface area contributed by atoms with Crippen LogP contribution in [0.15, 0.2) is 72.3 Å². The van der Waals surface area contributed by atoms with Crippen LogP contribution in [0.3, 0.4) is 0 Å². The Morgan fingerprint density at radius 1 is 1.03 bits per heavy atom. The van der Waals surface area contributed by atoms with E-state index in [0.29, 0.717) is 29.2 Å². The molecule has 0 radical (unpaired) electrons. The van der Waals surface area contributed by atoms with Crippen LogP contribution in [0.4, 0.5) is 13.2 Å². The van der Waals surface area contributed by atoms with E-state index >= 15 is 0 Å². The second-order valence-corrected chi connectivity index (χ2v) is 9.54. The zero-order valence-electron chi connectivity index (χ0n) is 20.8. The van der Waals surface area contributed by atoms with E-state index in [2.05, 4.69) is 0 Å². The molecule has 39 heavy (non-hydrogen) atoms. The standard InChI is InChI=1S/C30H26F3NO5/c31-30(32,33)22-7-10-24(25(35)16-22)29(34)21-6-1-20(14-21)13-18-2-8-23(9-3-18)39-28(36)12-5-19-4-11-26-27(15-19)38-17-37-26/h2-5,7-13,15-16,21,29,35H,1,6,14,17,34H2/b12-5+,20-13+. The van der Waals surface area contributed by atoms with Crippen molar-refractivity contribution in [2.75, 3.05) is 6.79 Å². The second kappa shape index (κ2) is 10.9. The lowest BCUT2D eigenvalue weighted by molar-refractivity contribution is -0.137. The summed E-state index contributed by atoms with van der Waals surface area (Å²) in [6, 6.07) is 14.8. The molecule has 1 aliphatic heterocycles. The van der Waals surface area contributed by atoms with Gasteiger partial charge in [0.05, 0.1) is 5.56 Å². The third-order valence-corrected chi connectivity index (χ3v) is 6.86. The highest BCUT2D eigenvalue weighted by Crippen LogP contribution is 2.42. The Labute approximate surface area is 223 Å². The van der Waals surface area contributed by atoms with Crippen LogP contribution in [-0.2, 0) is 11.0 Å². The molecule has 1 saturated carbocycles. The fourth-order valence-electron chi connectivity index (χ4n) is 4.80. The highest BCUT2D eigenvalue weighted by molar-refractivity contribution is 5.88. The molecule has 0 saturated heterocycles. The van der Waals surface area contributed by atoms with Crippen LogP contribution in [0.2, 0.25) is 0 Å². The average molecular weight is 538 g/mol. The van der Waals surface area contributed by atoms with E-state index in [0.717, 1.165) is 41.7 Å². The Balaban J connectivity index is 1.16. The number of hydrogen-bond donors (Lipinski definition) is 2. The molecule has 1 heterocycles. The molecule has 3 aromatic carbocycles. The molecule has 5 rings (SSSR count). The van der Waals surface area contributed by atoms with Crippen molar-refractivity contribution in [3.8, 4) is 23.0 Å². The first-order valence-corrected chi connectivity index (χ1v) is 12.4. The van der Waals surface area contributed by atoms with Gasteiger partial charge >= 0.3 is 12.1 Å². The summed E-state index contributed by atoms with van der Waals surface area (Å²) in [5.41, 5.74) is 8.60. The number of halogens is 3. The fraction of sp³-hybridized carbons (Fsp3) is 0.233. The van der Waals surface area contributed by atoms with Gasteiger partial charge in [0, 0.05) is 17.7 Å². The molecule has 0 bridgehead atoms. The Hall–Kier alpha value is -4.24. The number of rotatable bonds is 6. The van der Waals surface area contributed by atoms with Gasteiger partial charge in [0.2, 0.25) is 6.79 Å². The summed E-state index contributed by atoms with van der Waals surface area (Å²) in [6.07, 6.45) is 2.70. The maximum Gasteiger partial charge on any atom is 0.416 e. The number of allylic oxidation sites excluding steroid dienone is 1. The number of benzene rings is 3. The van der Waals surface area contributed by atoms with E-state index in [-0.39, 0.29) is 12.7 Å². The van der Waals surface area contributed by atoms with Gasteiger partial charge in [0.15, 0.2) is 11.5 Å². The first kappa shape index (κ1) is 26.4. The van der Waals surface area contributed by atoms with E-state index in [1.807, 2.05) is 24.3 Å². The highest BCUT2D eigenvalue weighted by atomic mass is 19.4. The Morgan fingerprint density at radius 2 is 1.77 bits per heavy atom. The molecule has 0 aromatic heterocycles. The van der Waals surface area contributed by atoms with Crippen molar-refractivity contribution in [3.63, 3.8) is 0 Å². The third-order valence-electron chi connectivity index (χ3n) is 6.86. The van der Waals surface area contributed by atoms with Crippen molar-refractivity contribution in [2.24, 2.45) is 11.7 Å². The summed E-state index contributed by atoms with van der Waals surface area (Å²) in [5, 5.41) is 10.2. The maximum absolute atomic E-state index is 12.9. The van der Waals surface area contributed by atoms with E-state index in [4.69, 9.17) is 19.9 Å². The number of phenols is 1. The molecule has 3 N–H and O–H groups in total. The fourth-order valence-corrected chi connectivity index (χ4v) is 4.80. The summed E-state index contributed by atoms with van der Waals surface area (Å²) in [6.45, 7) is 0.179. The average Bonchev–Trinajstić information content (AvgIpc) is 3.57. The number of aromatic hydroxyl groups is 1. The number of fused-ring (bicyclic) bond motifs is 1. The lowest BCUT2D eigenvalue weighted by Gasteiger charge is -2.21. The van der Waals surface area contributed by atoms with Gasteiger partial charge in [-0.25, -0.2) is 4.79 Å². The number of carbonyl (C=O) groups excluding carboxylic acids is 1. The summed E-state index contributed by atoms with van der Waals surface area (Å²) >= 11 is 0. The normalized spacial score (nSPS) is 18.6. The predicted octanol–water partition coefficient (Wildman–Crippen LogP) is 6.64. The molecule has 0 spiro atoms. The minimum absolute atomic E-state index is 0.00402. The van der Waals surface area contributed by atoms with Crippen molar-refractivity contribution < 1.29 is 37.3 Å². The van der Waals surface area contributed by atoms with Crippen LogP contribution in [0.25, 0.3) is 12.2 Å². The summed E-state index contributed by atoms with van der Waals surface area (Å²) in [5.74, 6) is 0.739. The zero-order valence-corrected chi connectivity index (χ0v) is 20.8. The van der Waals surface area contributed by atoms with Crippen molar-refractivity contribution >= 4 is 18.1 Å². The largest absolute Gasteiger partial charge is 0.508 e. The number of hydrogen-bond acceptors (Lipinski definition) is 6. The summed E-state index contributed by atoms with van der Waals surface area (Å²) in [7, 11) is 0. The number of carbonyl (C=O) groups is 1. The molecule has 202 valence electrons. The molecule has 2 unspecified atom stereocenters. The van der Waals surface area contributed by atoms with Gasteiger partial charge in [0.1, 0.15) is 11.5 Å². The summed E-state index contributed by atoms with van der Waals surface area (Å²) < 4.78 is 54.7. The van der Waals surface area contributed by atoms with Crippen molar-refractivity contribution in [2.45, 2.75) is 31.5 Å². The minimum Gasteiger partial charge on any atom is -0.508 e. The molecule has 6 nitrogen and oxygen atoms in total. The summed E-state index contributed by atoms with van der Waals surface area (Å²) in [4.78, 5) is 12.2. The van der Waals surface area contributed by atoms with E-state index < -0.39 is 29.5 Å². The number of phenolic OH excluding ortho intramolecular Hbond substituents is 1. The van der Waals surface area contributed by atoms with Gasteiger partial charge in [-0.05, 0) is 78.8 Å². The number of esters is 1. The topological polar surface area (TPSA) is 91.0 Å². The maximum atomic E-state index is 12.9. The highest BCUT2D eigenvalue weighted by Gasteiger charge is 2.33. The minimum atomic E-state index is -4.53. The zero-order chi connectivity index (χ0) is 27.6. The lowest BCUT2D eigenvalue weighted by Crippen LogP contribution is -2.19. The number of alkyl halides is 3. The molecular formula is C30H26F3NO5. The first-order chi connectivity index (χ1) is 18.7. The van der Waals surface area contributed by atoms with Crippen LogP contribution in [0.1, 0.15) is 47.6 Å². The van der Waals surface area contributed by atoms with Crippen LogP contribution in [-0.4, -0.2) is 17.9 Å². The van der Waals surface area contributed by atoms with Crippen molar-refractivity contribution in [1.29, 1.82) is 0 Å². The van der Waals surface area contributed by atoms with Gasteiger partial charge in [0.25, 0.3) is 0 Å². The van der Waals surface area contributed by atoms with Gasteiger partial charge < -0.3 is 25.1 Å². The van der Waals surface area contributed by atoms with E-state index in [9.17, 15) is 23.1 Å². The van der Waals surface area contributed by atoms with Gasteiger partial charge in [-0.3, -0.25) is 0 Å². The van der Waals surface area contributed by atoms with Gasteiger partial charge in [-0.1, -0.05) is 35.9 Å². The van der Waals surface area contributed by atoms with Gasteiger partial charge in [-0.15, -0.1) is 0 Å². The molecule has 9 heteroatoms. The third kappa shape index (κ3) is 6.26.